The van der Waals surface area contributed by atoms with Gasteiger partial charge in [-0.05, 0) is 25.0 Å². The second-order valence-electron chi connectivity index (χ2n) is 6.27. The van der Waals surface area contributed by atoms with Crippen LogP contribution in [0.1, 0.15) is 55.5 Å². The van der Waals surface area contributed by atoms with Gasteiger partial charge >= 0.3 is 6.18 Å². The molecule has 0 radical (unpaired) electrons. The topological polar surface area (TPSA) is 58.6 Å². The second kappa shape index (κ2) is 7.42. The third-order valence-corrected chi connectivity index (χ3v) is 3.94. The Hall–Kier alpha value is -1.76. The fourth-order valence-electron chi connectivity index (χ4n) is 2.64. The van der Waals surface area contributed by atoms with Gasteiger partial charge in [0.2, 0.25) is 6.29 Å². The van der Waals surface area contributed by atoms with Crippen LogP contribution in [0.15, 0.2) is 18.2 Å². The van der Waals surface area contributed by atoms with Crippen molar-refractivity contribution in [3.63, 3.8) is 0 Å². The van der Waals surface area contributed by atoms with Gasteiger partial charge in [0, 0.05) is 11.5 Å². The Morgan fingerprint density at radius 3 is 2.38 bits per heavy atom. The lowest BCUT2D eigenvalue weighted by Crippen LogP contribution is -2.31. The molecular formula is C17H20F3O4-. The number of carbonyl (C=O) groups is 1. The van der Waals surface area contributed by atoms with Crippen molar-refractivity contribution in [3.8, 4) is 5.75 Å². The van der Waals surface area contributed by atoms with Crippen LogP contribution in [0.5, 0.6) is 5.75 Å². The zero-order valence-electron chi connectivity index (χ0n) is 13.6. The number of carboxylic acid groups (broad SMARTS) is 1. The molecule has 0 spiro atoms. The van der Waals surface area contributed by atoms with E-state index in [-0.39, 0.29) is 17.6 Å². The number of ether oxygens (including phenoxy) is 2. The van der Waals surface area contributed by atoms with Crippen LogP contribution in [0.3, 0.4) is 0 Å². The summed E-state index contributed by atoms with van der Waals surface area (Å²) >= 11 is 0. The normalized spacial score (nSPS) is 17.2. The summed E-state index contributed by atoms with van der Waals surface area (Å²) in [5.74, 6) is -2.31. The first-order valence-corrected chi connectivity index (χ1v) is 7.93. The molecule has 1 aromatic carbocycles. The summed E-state index contributed by atoms with van der Waals surface area (Å²) in [5, 5.41) is 10.9. The molecule has 134 valence electrons. The Balaban J connectivity index is 2.28. The van der Waals surface area contributed by atoms with Gasteiger partial charge in [-0.25, -0.2) is 0 Å². The average molecular weight is 345 g/mol. The van der Waals surface area contributed by atoms with Crippen LogP contribution in [0.4, 0.5) is 13.2 Å². The van der Waals surface area contributed by atoms with E-state index in [0.717, 1.165) is 37.8 Å². The molecule has 1 unspecified atom stereocenters. The minimum Gasteiger partial charge on any atom is -0.545 e. The van der Waals surface area contributed by atoms with E-state index in [9.17, 15) is 23.1 Å². The molecule has 1 aliphatic carbocycles. The number of rotatable bonds is 6. The van der Waals surface area contributed by atoms with E-state index >= 15 is 0 Å². The summed E-state index contributed by atoms with van der Waals surface area (Å²) < 4.78 is 50.7. The number of benzene rings is 1. The van der Waals surface area contributed by atoms with Crippen molar-refractivity contribution in [3.05, 3.63) is 29.3 Å². The predicted molar refractivity (Wildman–Crippen MR) is 78.4 cm³/mol. The van der Waals surface area contributed by atoms with Crippen LogP contribution < -0.4 is 9.84 Å². The smallest absolute Gasteiger partial charge is 0.419 e. The third kappa shape index (κ3) is 4.63. The molecule has 0 amide bonds. The number of hydrogen-bond acceptors (Lipinski definition) is 4. The van der Waals surface area contributed by atoms with Crippen LogP contribution in [-0.2, 0) is 10.9 Å². The van der Waals surface area contributed by atoms with Crippen molar-refractivity contribution in [1.82, 2.24) is 0 Å². The van der Waals surface area contributed by atoms with Gasteiger partial charge in [-0.1, -0.05) is 32.8 Å². The Labute approximate surface area is 138 Å². The molecule has 24 heavy (non-hydrogen) atoms. The lowest BCUT2D eigenvalue weighted by molar-refractivity contribution is -0.255. The molecule has 4 nitrogen and oxygen atoms in total. The van der Waals surface area contributed by atoms with Gasteiger partial charge in [-0.3, -0.25) is 0 Å². The molecule has 0 bridgehead atoms. The van der Waals surface area contributed by atoms with Gasteiger partial charge in [0.1, 0.15) is 5.75 Å². The standard InChI is InChI=1S/C17H21F3O4/c1-10(2)16(23-12-5-3-4-6-12)24-14-9-11(15(21)22)7-8-13(14)17(18,19)20/h7-10,12,16H,3-6H2,1-2H3,(H,21,22)/p-1. The van der Waals surface area contributed by atoms with E-state index in [1.165, 1.54) is 0 Å². The highest BCUT2D eigenvalue weighted by atomic mass is 19.4. The average Bonchev–Trinajstić information content (AvgIpc) is 2.98. The van der Waals surface area contributed by atoms with Crippen LogP contribution >= 0.6 is 0 Å². The summed E-state index contributed by atoms with van der Waals surface area (Å²) in [6.07, 6.45) is -1.86. The zero-order valence-corrected chi connectivity index (χ0v) is 13.6. The minimum atomic E-state index is -4.66. The monoisotopic (exact) mass is 345 g/mol. The number of carboxylic acids is 1. The molecular weight excluding hydrogens is 325 g/mol. The van der Waals surface area contributed by atoms with E-state index in [1.807, 2.05) is 0 Å². The summed E-state index contributed by atoms with van der Waals surface area (Å²) in [6, 6.07) is 2.38. The fraction of sp³-hybridized carbons (Fsp3) is 0.588. The van der Waals surface area contributed by atoms with Crippen LogP contribution in [0.2, 0.25) is 0 Å². The van der Waals surface area contributed by atoms with Gasteiger partial charge in [0.15, 0.2) is 0 Å². The molecule has 2 rings (SSSR count). The van der Waals surface area contributed by atoms with Crippen LogP contribution in [0.25, 0.3) is 0 Å². The quantitative estimate of drug-likeness (QED) is 0.742. The van der Waals surface area contributed by atoms with Crippen LogP contribution in [0, 0.1) is 5.92 Å². The number of hydrogen-bond donors (Lipinski definition) is 0. The van der Waals surface area contributed by atoms with Gasteiger partial charge < -0.3 is 19.4 Å². The highest BCUT2D eigenvalue weighted by molar-refractivity contribution is 5.86. The number of carbonyl (C=O) groups excluding carboxylic acids is 1. The summed E-state index contributed by atoms with van der Waals surface area (Å²) in [5.41, 5.74) is -1.41. The first kappa shape index (κ1) is 18.6. The molecule has 0 N–H and O–H groups in total. The molecule has 7 heteroatoms. The van der Waals surface area contributed by atoms with Crippen LogP contribution in [-0.4, -0.2) is 18.4 Å². The van der Waals surface area contributed by atoms with Gasteiger partial charge in [-0.15, -0.1) is 0 Å². The SMILES string of the molecule is CC(C)C(Oc1cc(C(=O)[O-])ccc1C(F)(F)F)OC1CCCC1. The van der Waals surface area contributed by atoms with E-state index in [0.29, 0.717) is 6.07 Å². The molecule has 1 aliphatic rings. The molecule has 1 atom stereocenters. The molecule has 1 aromatic rings. The Bertz CT molecular complexity index is 578. The fourth-order valence-corrected chi connectivity index (χ4v) is 2.64. The molecule has 0 heterocycles. The van der Waals surface area contributed by atoms with E-state index < -0.39 is 29.7 Å². The minimum absolute atomic E-state index is 0.0453. The van der Waals surface area contributed by atoms with Gasteiger partial charge in [0.05, 0.1) is 17.6 Å². The molecule has 0 saturated heterocycles. The Kier molecular flexibility index (Phi) is 5.74. The van der Waals surface area contributed by atoms with Crippen molar-refractivity contribution < 1.29 is 32.5 Å². The molecule has 1 saturated carbocycles. The van der Waals surface area contributed by atoms with Gasteiger partial charge in [-0.2, -0.15) is 13.2 Å². The van der Waals surface area contributed by atoms with Gasteiger partial charge in [0.25, 0.3) is 0 Å². The molecule has 0 aromatic heterocycles. The van der Waals surface area contributed by atoms with Crippen molar-refractivity contribution in [2.75, 3.05) is 0 Å². The van der Waals surface area contributed by atoms with E-state index in [1.54, 1.807) is 13.8 Å². The second-order valence-corrected chi connectivity index (χ2v) is 6.27. The Morgan fingerprint density at radius 1 is 1.25 bits per heavy atom. The first-order valence-electron chi connectivity index (χ1n) is 7.93. The highest BCUT2D eigenvalue weighted by Crippen LogP contribution is 2.38. The Morgan fingerprint density at radius 2 is 1.88 bits per heavy atom. The number of aromatic carboxylic acids is 1. The highest BCUT2D eigenvalue weighted by Gasteiger charge is 2.36. The zero-order chi connectivity index (χ0) is 17.9. The van der Waals surface area contributed by atoms with E-state index in [2.05, 4.69) is 0 Å². The maximum atomic E-state index is 13.2. The number of alkyl halides is 3. The van der Waals surface area contributed by atoms with Crippen molar-refractivity contribution in [2.24, 2.45) is 5.92 Å². The summed E-state index contributed by atoms with van der Waals surface area (Å²) in [6.45, 7) is 3.55. The lowest BCUT2D eigenvalue weighted by Gasteiger charge is -2.27. The molecule has 1 fully saturated rings. The third-order valence-electron chi connectivity index (χ3n) is 3.94. The van der Waals surface area contributed by atoms with E-state index in [4.69, 9.17) is 9.47 Å². The predicted octanol–water partition coefficient (Wildman–Crippen LogP) is 3.39. The summed E-state index contributed by atoms with van der Waals surface area (Å²) in [4.78, 5) is 10.9. The maximum absolute atomic E-state index is 13.2. The maximum Gasteiger partial charge on any atom is 0.419 e. The number of halogens is 3. The summed E-state index contributed by atoms with van der Waals surface area (Å²) in [7, 11) is 0. The van der Waals surface area contributed by atoms with Crippen molar-refractivity contribution in [2.45, 2.75) is 58.1 Å². The van der Waals surface area contributed by atoms with Crippen molar-refractivity contribution in [1.29, 1.82) is 0 Å². The molecule has 0 aliphatic heterocycles. The lowest BCUT2D eigenvalue weighted by atomic mass is 10.1. The van der Waals surface area contributed by atoms with Crippen molar-refractivity contribution >= 4 is 5.97 Å². The first-order chi connectivity index (χ1) is 11.2. The largest absolute Gasteiger partial charge is 0.545 e.